The smallest absolute Gasteiger partial charge is 0.333 e. The standard InChI is InChI=1S/C33H24F3N3O2/c34-33(35,36)25-13-9-21(10-14-25)27-6-2-3-7-28(27)31(40)37-26-15-11-24-20-39(18-17-23(24)19-26)32(41)30-16-12-22-5-1-4-8-29(22)38-30/h1-16,19H,17-18,20H2,(H,37,40). The summed E-state index contributed by atoms with van der Waals surface area (Å²) in [6.45, 7) is 0.960. The predicted octanol–water partition coefficient (Wildman–Crippen LogP) is 7.37. The van der Waals surface area contributed by atoms with E-state index in [-0.39, 0.29) is 11.8 Å². The van der Waals surface area contributed by atoms with Gasteiger partial charge in [0.1, 0.15) is 5.69 Å². The second kappa shape index (κ2) is 10.5. The molecular formula is C33H24F3N3O2. The number of hydrogen-bond donors (Lipinski definition) is 1. The van der Waals surface area contributed by atoms with Crippen molar-refractivity contribution in [1.29, 1.82) is 0 Å². The lowest BCUT2D eigenvalue weighted by atomic mass is 9.97. The normalized spacial score (nSPS) is 13.1. The first-order valence-electron chi connectivity index (χ1n) is 13.1. The fraction of sp³-hybridized carbons (Fsp3) is 0.121. The fourth-order valence-corrected chi connectivity index (χ4v) is 5.12. The minimum atomic E-state index is -4.43. The number of amides is 2. The van der Waals surface area contributed by atoms with Crippen LogP contribution in [0.1, 0.15) is 37.5 Å². The zero-order chi connectivity index (χ0) is 28.6. The van der Waals surface area contributed by atoms with Crippen molar-refractivity contribution in [3.63, 3.8) is 0 Å². The third kappa shape index (κ3) is 5.41. The summed E-state index contributed by atoms with van der Waals surface area (Å²) in [5.74, 6) is -0.492. The number of carbonyl (C=O) groups excluding carboxylic acids is 2. The maximum atomic E-state index is 13.2. The first-order chi connectivity index (χ1) is 19.8. The van der Waals surface area contributed by atoms with E-state index in [2.05, 4.69) is 10.3 Å². The molecule has 2 heterocycles. The van der Waals surface area contributed by atoms with Crippen LogP contribution in [-0.4, -0.2) is 28.2 Å². The quantitative estimate of drug-likeness (QED) is 0.254. The second-order valence-corrected chi connectivity index (χ2v) is 9.92. The maximum Gasteiger partial charge on any atom is 0.416 e. The van der Waals surface area contributed by atoms with E-state index in [1.54, 1.807) is 41.3 Å². The Labute approximate surface area is 234 Å². The number of nitrogens with one attached hydrogen (secondary N) is 1. The Morgan fingerprint density at radius 3 is 2.37 bits per heavy atom. The lowest BCUT2D eigenvalue weighted by molar-refractivity contribution is -0.137. The Balaban J connectivity index is 1.17. The highest BCUT2D eigenvalue weighted by Crippen LogP contribution is 2.32. The van der Waals surface area contributed by atoms with Gasteiger partial charge in [0.2, 0.25) is 0 Å². The number of pyridine rings is 1. The molecule has 1 aliphatic heterocycles. The minimum Gasteiger partial charge on any atom is -0.333 e. The Morgan fingerprint density at radius 1 is 0.805 bits per heavy atom. The molecule has 0 unspecified atom stereocenters. The van der Waals surface area contributed by atoms with Crippen LogP contribution in [0.2, 0.25) is 0 Å². The van der Waals surface area contributed by atoms with E-state index in [0.29, 0.717) is 47.6 Å². The van der Waals surface area contributed by atoms with Gasteiger partial charge in [-0.25, -0.2) is 4.98 Å². The molecule has 1 aromatic heterocycles. The van der Waals surface area contributed by atoms with Gasteiger partial charge in [0.05, 0.1) is 11.1 Å². The molecule has 1 aliphatic rings. The Morgan fingerprint density at radius 2 is 1.56 bits per heavy atom. The predicted molar refractivity (Wildman–Crippen MR) is 151 cm³/mol. The lowest BCUT2D eigenvalue weighted by Crippen LogP contribution is -2.36. The van der Waals surface area contributed by atoms with Crippen LogP contribution < -0.4 is 5.32 Å². The van der Waals surface area contributed by atoms with Gasteiger partial charge in [-0.2, -0.15) is 13.2 Å². The summed E-state index contributed by atoms with van der Waals surface area (Å²) < 4.78 is 39.0. The first kappa shape index (κ1) is 26.3. The van der Waals surface area contributed by atoms with Crippen LogP contribution in [0.5, 0.6) is 0 Å². The average molecular weight is 552 g/mol. The number of fused-ring (bicyclic) bond motifs is 2. The van der Waals surface area contributed by atoms with Crippen molar-refractivity contribution in [3.8, 4) is 11.1 Å². The van der Waals surface area contributed by atoms with Gasteiger partial charge in [-0.05, 0) is 71.1 Å². The number of nitrogens with zero attached hydrogens (tertiary/aromatic N) is 2. The molecule has 1 N–H and O–H groups in total. The highest BCUT2D eigenvalue weighted by molar-refractivity contribution is 6.08. The van der Waals surface area contributed by atoms with Crippen LogP contribution in [0.15, 0.2) is 103 Å². The molecule has 41 heavy (non-hydrogen) atoms. The van der Waals surface area contributed by atoms with Crippen LogP contribution in [0.3, 0.4) is 0 Å². The van der Waals surface area contributed by atoms with Gasteiger partial charge in [0.15, 0.2) is 0 Å². The van der Waals surface area contributed by atoms with Gasteiger partial charge in [-0.3, -0.25) is 9.59 Å². The number of carbonyl (C=O) groups is 2. The Bertz CT molecular complexity index is 1780. The summed E-state index contributed by atoms with van der Waals surface area (Å²) in [6.07, 6.45) is -3.81. The molecule has 5 aromatic rings. The number of hydrogen-bond acceptors (Lipinski definition) is 3. The first-order valence-corrected chi connectivity index (χ1v) is 13.1. The van der Waals surface area contributed by atoms with E-state index < -0.39 is 11.7 Å². The summed E-state index contributed by atoms with van der Waals surface area (Å²) in [6, 6.07) is 28.5. The van der Waals surface area contributed by atoms with E-state index in [1.165, 1.54) is 12.1 Å². The maximum absolute atomic E-state index is 13.2. The van der Waals surface area contributed by atoms with E-state index in [9.17, 15) is 22.8 Å². The molecule has 0 aliphatic carbocycles. The Kier molecular flexibility index (Phi) is 6.75. The van der Waals surface area contributed by atoms with Crippen molar-refractivity contribution in [1.82, 2.24) is 9.88 Å². The molecule has 2 amide bonds. The molecular weight excluding hydrogens is 527 g/mol. The van der Waals surface area contributed by atoms with Gasteiger partial charge in [-0.1, -0.05) is 60.7 Å². The van der Waals surface area contributed by atoms with Gasteiger partial charge in [-0.15, -0.1) is 0 Å². The average Bonchev–Trinajstić information content (AvgIpc) is 3.00. The van der Waals surface area contributed by atoms with Crippen LogP contribution in [0, 0.1) is 0 Å². The molecule has 0 atom stereocenters. The van der Waals surface area contributed by atoms with E-state index in [4.69, 9.17) is 0 Å². The van der Waals surface area contributed by atoms with Crippen LogP contribution >= 0.6 is 0 Å². The van der Waals surface area contributed by atoms with E-state index in [1.807, 2.05) is 42.5 Å². The molecule has 0 spiro atoms. The Hall–Kier alpha value is -4.98. The number of alkyl halides is 3. The molecule has 0 saturated heterocycles. The van der Waals surface area contributed by atoms with Gasteiger partial charge < -0.3 is 10.2 Å². The number of rotatable bonds is 4. The summed E-state index contributed by atoms with van der Waals surface area (Å²) in [4.78, 5) is 32.7. The van der Waals surface area contributed by atoms with Gasteiger partial charge >= 0.3 is 6.18 Å². The zero-order valence-electron chi connectivity index (χ0n) is 21.8. The molecule has 6 rings (SSSR count). The zero-order valence-corrected chi connectivity index (χ0v) is 21.8. The highest BCUT2D eigenvalue weighted by Gasteiger charge is 2.30. The SMILES string of the molecule is O=C(Nc1ccc2c(c1)CCN(C(=O)c1ccc3ccccc3n1)C2)c1ccccc1-c1ccc(C(F)(F)F)cc1. The van der Waals surface area contributed by atoms with Crippen molar-refractivity contribution in [3.05, 3.63) is 131 Å². The number of halogens is 3. The molecule has 8 heteroatoms. The molecule has 5 nitrogen and oxygen atoms in total. The number of benzene rings is 4. The number of aromatic nitrogens is 1. The molecule has 0 fully saturated rings. The van der Waals surface area contributed by atoms with Crippen molar-refractivity contribution < 1.29 is 22.8 Å². The van der Waals surface area contributed by atoms with Crippen molar-refractivity contribution in [2.45, 2.75) is 19.1 Å². The van der Waals surface area contributed by atoms with Crippen LogP contribution in [0.25, 0.3) is 22.0 Å². The van der Waals surface area contributed by atoms with Gasteiger partial charge in [0, 0.05) is 29.7 Å². The van der Waals surface area contributed by atoms with Crippen LogP contribution in [-0.2, 0) is 19.1 Å². The van der Waals surface area contributed by atoms with E-state index in [0.717, 1.165) is 34.2 Å². The fourth-order valence-electron chi connectivity index (χ4n) is 5.12. The summed E-state index contributed by atoms with van der Waals surface area (Å²) in [7, 11) is 0. The van der Waals surface area contributed by atoms with Crippen molar-refractivity contribution >= 4 is 28.4 Å². The summed E-state index contributed by atoms with van der Waals surface area (Å²) in [5.41, 5.74) is 4.47. The van der Waals surface area contributed by atoms with Crippen molar-refractivity contribution in [2.75, 3.05) is 11.9 Å². The summed E-state index contributed by atoms with van der Waals surface area (Å²) >= 11 is 0. The minimum absolute atomic E-state index is 0.126. The highest BCUT2D eigenvalue weighted by atomic mass is 19.4. The number of anilines is 1. The monoisotopic (exact) mass is 551 g/mol. The molecule has 0 radical (unpaired) electrons. The molecule has 204 valence electrons. The second-order valence-electron chi connectivity index (χ2n) is 9.92. The number of para-hydroxylation sites is 1. The largest absolute Gasteiger partial charge is 0.416 e. The van der Waals surface area contributed by atoms with Gasteiger partial charge in [0.25, 0.3) is 11.8 Å². The van der Waals surface area contributed by atoms with E-state index >= 15 is 0 Å². The molecule has 4 aromatic carbocycles. The summed E-state index contributed by atoms with van der Waals surface area (Å²) in [5, 5.41) is 3.90. The third-order valence-corrected chi connectivity index (χ3v) is 7.28. The topological polar surface area (TPSA) is 62.3 Å². The van der Waals surface area contributed by atoms with Crippen LogP contribution in [0.4, 0.5) is 18.9 Å². The van der Waals surface area contributed by atoms with Crippen molar-refractivity contribution in [2.24, 2.45) is 0 Å². The lowest BCUT2D eigenvalue weighted by Gasteiger charge is -2.29. The molecule has 0 bridgehead atoms. The third-order valence-electron chi connectivity index (χ3n) is 7.28. The molecule has 0 saturated carbocycles.